The van der Waals surface area contributed by atoms with Crippen LogP contribution in [0.2, 0.25) is 0 Å². The molecule has 1 unspecified atom stereocenters. The summed E-state index contributed by atoms with van der Waals surface area (Å²) in [7, 11) is 0. The highest BCUT2D eigenvalue weighted by Gasteiger charge is 2.58. The van der Waals surface area contributed by atoms with E-state index in [9.17, 15) is 0 Å². The average Bonchev–Trinajstić information content (AvgIpc) is 0.875. The van der Waals surface area contributed by atoms with Gasteiger partial charge in [-0.25, -0.2) is 0 Å². The highest BCUT2D eigenvalue weighted by molar-refractivity contribution is 6.95. The standard InChI is InChI=1S/C122H92B2N4O2/c1-117(2)63-64-118(3,4)97-68-81(57-60-91(97)117)128-104-71-89-84-45-23-28-55-106(84)129-108(89)72-88(104)90-70-87-75(34-30-46-85(87)113-111(90)123(128)100-52-32-50-96-115(100)126(113)102-54-27-25-48-94(102)122(96,78-39-16-10-17-40-78)79-41-18-11-19-42-79)73-120(7)66-65-119(5,6)98-69-80(58-61-92(98)120)127-103-62-59-86-83-44-22-29-56-107(83)130-116(86)110(103)109-82-43-21-20-33-74(82)67-105-112(109)124(127)99-51-31-49-95-114(99)125(105)101-53-26-24-47-93(101)121(95,76-35-12-8-13-36-76)77-37-14-9-15-38-77/h8-62,67-72H,63-66,73H2,1-7H3. The lowest BCUT2D eigenvalue weighted by Gasteiger charge is -2.52. The summed E-state index contributed by atoms with van der Waals surface area (Å²) < 4.78 is 14.6. The Morgan fingerprint density at radius 2 is 0.762 bits per heavy atom. The molecule has 8 heterocycles. The minimum absolute atomic E-state index is 0.0185. The number of hydrogen-bond donors (Lipinski definition) is 0. The molecule has 0 radical (unpaired) electrons. The zero-order valence-corrected chi connectivity index (χ0v) is 74.0. The fourth-order valence-electron chi connectivity index (χ4n) is 26.5. The summed E-state index contributed by atoms with van der Waals surface area (Å²) in [5.41, 5.74) is 40.4. The molecule has 130 heavy (non-hydrogen) atoms. The van der Waals surface area contributed by atoms with Crippen LogP contribution in [0.15, 0.2) is 379 Å². The van der Waals surface area contributed by atoms with Gasteiger partial charge in [0, 0.05) is 77.9 Å². The van der Waals surface area contributed by atoms with E-state index in [2.05, 4.69) is 438 Å². The van der Waals surface area contributed by atoms with Crippen LogP contribution in [0.4, 0.5) is 56.9 Å². The van der Waals surface area contributed by atoms with Gasteiger partial charge in [-0.15, -0.1) is 0 Å². The van der Waals surface area contributed by atoms with Gasteiger partial charge in [0.2, 0.25) is 0 Å². The zero-order valence-electron chi connectivity index (χ0n) is 74.0. The van der Waals surface area contributed by atoms with Crippen LogP contribution in [0.5, 0.6) is 0 Å². The Morgan fingerprint density at radius 3 is 1.39 bits per heavy atom. The molecule has 0 fully saturated rings. The molecule has 0 bridgehead atoms. The molecule has 28 rings (SSSR count). The first-order chi connectivity index (χ1) is 63.6. The fourth-order valence-corrected chi connectivity index (χ4v) is 26.5. The smallest absolute Gasteiger partial charge is 0.333 e. The van der Waals surface area contributed by atoms with Crippen molar-refractivity contribution in [2.75, 3.05) is 19.4 Å². The monoisotopic (exact) mass is 1670 g/mol. The van der Waals surface area contributed by atoms with E-state index in [0.717, 1.165) is 92.9 Å². The van der Waals surface area contributed by atoms with E-state index in [0.29, 0.717) is 0 Å². The van der Waals surface area contributed by atoms with Crippen LogP contribution in [0.3, 0.4) is 0 Å². The summed E-state index contributed by atoms with van der Waals surface area (Å²) in [6.07, 6.45) is 5.05. The van der Waals surface area contributed by atoms with Crippen molar-refractivity contribution in [2.24, 2.45) is 0 Å². The van der Waals surface area contributed by atoms with E-state index >= 15 is 0 Å². The van der Waals surface area contributed by atoms with Gasteiger partial charge in [0.05, 0.1) is 27.9 Å². The third-order valence-corrected chi connectivity index (χ3v) is 32.5. The first kappa shape index (κ1) is 74.5. The predicted octanol–water partition coefficient (Wildman–Crippen LogP) is 28.5. The summed E-state index contributed by atoms with van der Waals surface area (Å²) >= 11 is 0. The van der Waals surface area contributed by atoms with Crippen LogP contribution in [-0.4, -0.2) is 13.7 Å². The van der Waals surface area contributed by atoms with Crippen molar-refractivity contribution >= 4 is 158 Å². The summed E-state index contributed by atoms with van der Waals surface area (Å²) in [6.45, 7) is 17.0. The first-order valence-electron chi connectivity index (χ1n) is 46.8. The summed E-state index contributed by atoms with van der Waals surface area (Å²) in [6, 6.07) is 143. The minimum atomic E-state index is -0.710. The quantitative estimate of drug-likeness (QED) is 0.141. The number of fused-ring (bicyclic) bond motifs is 25. The average molecular weight is 1670 g/mol. The topological polar surface area (TPSA) is 39.2 Å². The van der Waals surface area contributed by atoms with Crippen molar-refractivity contribution in [3.05, 3.63) is 442 Å². The molecule has 0 N–H and O–H groups in total. The Bertz CT molecular complexity index is 8250. The van der Waals surface area contributed by atoms with Crippen molar-refractivity contribution in [1.82, 2.24) is 0 Å². The van der Waals surface area contributed by atoms with Crippen molar-refractivity contribution in [3.8, 4) is 22.3 Å². The molecule has 0 saturated heterocycles. The Labute approximate surface area is 758 Å². The van der Waals surface area contributed by atoms with Crippen LogP contribution in [0, 0.1) is 0 Å². The summed E-state index contributed by atoms with van der Waals surface area (Å²) in [5, 5.41) is 9.39. The maximum absolute atomic E-state index is 7.43. The SMILES string of the molecule is CC1(C)CCC(C)(C)c2cc(N3B4c5cccc6c5N(c5ccccc5C6(c5ccccc5)c5ccccc5)c5c4c(cc4c(CC6(C)CCC(C)(C)c7cc(N8B9c%10cccc%11c%10N(c%10ccccc%10C%11(c%10ccccc%10)c%10ccccc%10)c%10cc%11ccccc%11c(c%109)-c9c8ccc8c9oc9ccccc98)ccc76)cccc54)-c4cc5oc6ccccc6c5cc43)ccc21. The van der Waals surface area contributed by atoms with Crippen LogP contribution in [0.25, 0.3) is 87.7 Å². The van der Waals surface area contributed by atoms with Crippen LogP contribution < -0.4 is 41.3 Å². The van der Waals surface area contributed by atoms with Crippen LogP contribution in [0.1, 0.15) is 146 Å². The second kappa shape index (κ2) is 26.3. The molecular formula is C122H92B2N4O2. The van der Waals surface area contributed by atoms with E-state index in [1.807, 2.05) is 0 Å². The number of furan rings is 2. The van der Waals surface area contributed by atoms with E-state index < -0.39 is 10.8 Å². The van der Waals surface area contributed by atoms with Gasteiger partial charge in [0.15, 0.2) is 0 Å². The Hall–Kier alpha value is -14.6. The van der Waals surface area contributed by atoms with Gasteiger partial charge in [0.1, 0.15) is 22.3 Å². The molecule has 2 aliphatic carbocycles. The third kappa shape index (κ3) is 9.70. The van der Waals surface area contributed by atoms with E-state index in [1.165, 1.54) is 178 Å². The van der Waals surface area contributed by atoms with Gasteiger partial charge < -0.3 is 28.3 Å². The summed E-state index contributed by atoms with van der Waals surface area (Å²) in [4.78, 5) is 11.0. The molecule has 0 spiro atoms. The fraction of sp³-hybridized carbons (Fsp3) is 0.148. The third-order valence-electron chi connectivity index (χ3n) is 32.5. The number of nitrogens with zero attached hydrogens (tertiary/aromatic N) is 4. The van der Waals surface area contributed by atoms with Gasteiger partial charge >= 0.3 is 13.7 Å². The van der Waals surface area contributed by atoms with Crippen molar-refractivity contribution in [1.29, 1.82) is 0 Å². The van der Waals surface area contributed by atoms with Crippen LogP contribution in [-0.2, 0) is 38.9 Å². The molecule has 6 aliphatic heterocycles. The molecule has 8 aliphatic rings. The molecule has 2 aromatic heterocycles. The zero-order chi connectivity index (χ0) is 86.4. The molecule has 0 saturated carbocycles. The number of hydrogen-bond acceptors (Lipinski definition) is 6. The lowest BCUT2D eigenvalue weighted by atomic mass is 9.42. The molecule has 0 amide bonds. The Morgan fingerprint density at radius 1 is 0.277 bits per heavy atom. The highest BCUT2D eigenvalue weighted by atomic mass is 16.3. The predicted molar refractivity (Wildman–Crippen MR) is 542 cm³/mol. The molecule has 1 atom stereocenters. The van der Waals surface area contributed by atoms with E-state index in [-0.39, 0.29) is 35.4 Å². The van der Waals surface area contributed by atoms with E-state index in [1.54, 1.807) is 0 Å². The number of benzene rings is 18. The maximum atomic E-state index is 7.43. The highest BCUT2D eigenvalue weighted by Crippen LogP contribution is 2.65. The van der Waals surface area contributed by atoms with Crippen molar-refractivity contribution < 1.29 is 8.83 Å². The van der Waals surface area contributed by atoms with Gasteiger partial charge in [-0.05, 0) is 260 Å². The lowest BCUT2D eigenvalue weighted by Crippen LogP contribution is -2.63. The molecular weight excluding hydrogens is 1570 g/mol. The first-order valence-corrected chi connectivity index (χ1v) is 46.8. The van der Waals surface area contributed by atoms with Gasteiger partial charge in [-0.3, -0.25) is 0 Å². The Balaban J connectivity index is 0.680. The second-order valence-corrected chi connectivity index (χ2v) is 40.6. The molecule has 8 heteroatoms. The van der Waals surface area contributed by atoms with Crippen molar-refractivity contribution in [3.63, 3.8) is 0 Å². The number of rotatable bonds is 8. The van der Waals surface area contributed by atoms with Gasteiger partial charge in [-0.2, -0.15) is 0 Å². The summed E-state index contributed by atoms with van der Waals surface area (Å²) in [5.74, 6) is 0. The largest absolute Gasteiger partial charge is 0.456 e. The molecule has 6 nitrogen and oxygen atoms in total. The molecule has 618 valence electrons. The Kier molecular flexibility index (Phi) is 15.1. The molecule has 20 aromatic rings. The van der Waals surface area contributed by atoms with Gasteiger partial charge in [-0.1, -0.05) is 334 Å². The number of para-hydroxylation sites is 6. The maximum Gasteiger partial charge on any atom is 0.333 e. The lowest BCUT2D eigenvalue weighted by molar-refractivity contribution is 0.311. The second-order valence-electron chi connectivity index (χ2n) is 40.6. The normalized spacial score (nSPS) is 17.7. The molecule has 18 aromatic carbocycles. The van der Waals surface area contributed by atoms with Gasteiger partial charge in [0.25, 0.3) is 0 Å². The number of anilines is 10. The van der Waals surface area contributed by atoms with Crippen molar-refractivity contribution in [2.45, 2.75) is 113 Å². The minimum Gasteiger partial charge on any atom is -0.456 e. The van der Waals surface area contributed by atoms with E-state index in [4.69, 9.17) is 8.83 Å². The van der Waals surface area contributed by atoms with Crippen LogP contribution >= 0.6 is 0 Å².